The van der Waals surface area contributed by atoms with E-state index in [1.807, 2.05) is 6.07 Å². The molecular formula is C24H26N2O5S2. The summed E-state index contributed by atoms with van der Waals surface area (Å²) in [5.74, 6) is 1.16. The molecule has 1 unspecified atom stereocenters. The molecule has 0 radical (unpaired) electrons. The first-order valence-corrected chi connectivity index (χ1v) is 12.9. The van der Waals surface area contributed by atoms with E-state index < -0.39 is 10.0 Å². The maximum Gasteiger partial charge on any atom is 0.265 e. The predicted octanol–water partition coefficient (Wildman–Crippen LogP) is 4.94. The summed E-state index contributed by atoms with van der Waals surface area (Å²) in [5.41, 5.74) is 1.99. The maximum atomic E-state index is 13.1. The summed E-state index contributed by atoms with van der Waals surface area (Å²) in [6.45, 7) is 2.22. The van der Waals surface area contributed by atoms with E-state index in [2.05, 4.69) is 17.0 Å². The van der Waals surface area contributed by atoms with Crippen LogP contribution in [-0.4, -0.2) is 28.5 Å². The van der Waals surface area contributed by atoms with Crippen molar-refractivity contribution in [2.45, 2.75) is 31.1 Å². The number of thiophene rings is 1. The van der Waals surface area contributed by atoms with Crippen molar-refractivity contribution in [2.75, 3.05) is 24.3 Å². The van der Waals surface area contributed by atoms with Gasteiger partial charge in [-0.15, -0.1) is 11.3 Å². The summed E-state index contributed by atoms with van der Waals surface area (Å²) >= 11 is 1.51. The van der Waals surface area contributed by atoms with Crippen LogP contribution in [0.5, 0.6) is 11.5 Å². The molecule has 2 aromatic carbocycles. The molecule has 1 aromatic heterocycles. The summed E-state index contributed by atoms with van der Waals surface area (Å²) < 4.78 is 39.1. The Hall–Kier alpha value is -3.04. The molecule has 7 nitrogen and oxygen atoms in total. The van der Waals surface area contributed by atoms with Crippen LogP contribution in [0.25, 0.3) is 0 Å². The van der Waals surface area contributed by atoms with Crippen LogP contribution >= 0.6 is 11.3 Å². The molecule has 3 aromatic rings. The molecule has 1 heterocycles. The van der Waals surface area contributed by atoms with Gasteiger partial charge in [0, 0.05) is 16.3 Å². The number of anilines is 2. The first kappa shape index (κ1) is 23.1. The molecule has 1 atom stereocenters. The van der Waals surface area contributed by atoms with Crippen molar-refractivity contribution >= 4 is 38.6 Å². The second-order valence-electron chi connectivity index (χ2n) is 8.06. The fourth-order valence-corrected chi connectivity index (χ4v) is 6.20. The number of nitrogens with one attached hydrogen (secondary N) is 2. The van der Waals surface area contributed by atoms with Crippen molar-refractivity contribution in [1.82, 2.24) is 0 Å². The molecule has 174 valence electrons. The third kappa shape index (κ3) is 5.15. The number of hydrogen-bond donors (Lipinski definition) is 2. The molecule has 1 aliphatic carbocycles. The first-order chi connectivity index (χ1) is 15.8. The Morgan fingerprint density at radius 3 is 2.45 bits per heavy atom. The zero-order valence-corrected chi connectivity index (χ0v) is 20.3. The van der Waals surface area contributed by atoms with Gasteiger partial charge in [-0.2, -0.15) is 0 Å². The second kappa shape index (κ2) is 9.44. The molecule has 0 saturated heterocycles. The Bertz CT molecular complexity index is 1270. The minimum absolute atomic E-state index is 0.0714. The lowest BCUT2D eigenvalue weighted by molar-refractivity contribution is 0.103. The number of carbonyl (C=O) groups is 1. The maximum absolute atomic E-state index is 13.1. The number of amides is 1. The van der Waals surface area contributed by atoms with Crippen LogP contribution in [0, 0.1) is 5.92 Å². The van der Waals surface area contributed by atoms with Crippen LogP contribution in [0.1, 0.15) is 33.5 Å². The molecule has 9 heteroatoms. The monoisotopic (exact) mass is 486 g/mol. The highest BCUT2D eigenvalue weighted by molar-refractivity contribution is 7.92. The van der Waals surface area contributed by atoms with Gasteiger partial charge in [0.1, 0.15) is 16.4 Å². The van der Waals surface area contributed by atoms with Crippen LogP contribution in [0.3, 0.4) is 0 Å². The number of fused-ring (bicyclic) bond motifs is 1. The highest BCUT2D eigenvalue weighted by Gasteiger charge is 2.23. The third-order valence-corrected chi connectivity index (χ3v) is 8.24. The van der Waals surface area contributed by atoms with Crippen LogP contribution in [-0.2, 0) is 22.9 Å². The summed E-state index contributed by atoms with van der Waals surface area (Å²) in [7, 11) is -1.03. The third-order valence-electron chi connectivity index (χ3n) is 5.61. The normalized spacial score (nSPS) is 15.4. The standard InChI is InChI=1S/C24H26N2O5S2/c1-15-4-11-21-16(12-15)13-22(32-21)24(27)25-18-7-10-20(31-3)23(14-18)33(28,29)26-17-5-8-19(30-2)9-6-17/h5-10,13-15,26H,4,11-12H2,1-3H3,(H,25,27). The number of benzene rings is 2. The number of carbonyl (C=O) groups excluding carboxylic acids is 1. The lowest BCUT2D eigenvalue weighted by atomic mass is 9.90. The molecule has 0 spiro atoms. The average Bonchev–Trinajstić information content (AvgIpc) is 3.23. The number of methoxy groups -OCH3 is 2. The van der Waals surface area contributed by atoms with Gasteiger partial charge in [-0.05, 0) is 79.3 Å². The van der Waals surface area contributed by atoms with Gasteiger partial charge in [0.15, 0.2) is 0 Å². The number of aryl methyl sites for hydroxylation is 1. The van der Waals surface area contributed by atoms with E-state index in [0.29, 0.717) is 27.9 Å². The molecule has 4 rings (SSSR count). The predicted molar refractivity (Wildman–Crippen MR) is 130 cm³/mol. The lowest BCUT2D eigenvalue weighted by Gasteiger charge is -2.16. The van der Waals surface area contributed by atoms with E-state index in [-0.39, 0.29) is 16.6 Å². The molecule has 0 bridgehead atoms. The highest BCUT2D eigenvalue weighted by atomic mass is 32.2. The lowest BCUT2D eigenvalue weighted by Crippen LogP contribution is -2.15. The van der Waals surface area contributed by atoms with Gasteiger partial charge in [-0.25, -0.2) is 8.42 Å². The van der Waals surface area contributed by atoms with Gasteiger partial charge in [0.05, 0.1) is 19.1 Å². The fourth-order valence-electron chi connectivity index (χ4n) is 3.84. The molecule has 33 heavy (non-hydrogen) atoms. The van der Waals surface area contributed by atoms with Gasteiger partial charge < -0.3 is 14.8 Å². The molecular weight excluding hydrogens is 460 g/mol. The van der Waals surface area contributed by atoms with Crippen LogP contribution < -0.4 is 19.5 Å². The van der Waals surface area contributed by atoms with E-state index in [1.54, 1.807) is 30.3 Å². The Labute approximate surface area is 197 Å². The Kier molecular flexibility index (Phi) is 6.62. The van der Waals surface area contributed by atoms with Crippen molar-refractivity contribution in [3.05, 3.63) is 63.8 Å². The van der Waals surface area contributed by atoms with Crippen LogP contribution in [0.2, 0.25) is 0 Å². The van der Waals surface area contributed by atoms with Crippen molar-refractivity contribution < 1.29 is 22.7 Å². The van der Waals surface area contributed by atoms with Crippen LogP contribution in [0.4, 0.5) is 11.4 Å². The summed E-state index contributed by atoms with van der Waals surface area (Å²) in [6.07, 6.45) is 3.12. The highest BCUT2D eigenvalue weighted by Crippen LogP contribution is 2.33. The van der Waals surface area contributed by atoms with E-state index in [1.165, 1.54) is 48.1 Å². The summed E-state index contributed by atoms with van der Waals surface area (Å²) in [5, 5.41) is 2.83. The summed E-state index contributed by atoms with van der Waals surface area (Å²) in [4.78, 5) is 14.7. The van der Waals surface area contributed by atoms with E-state index in [0.717, 1.165) is 19.3 Å². The Morgan fingerprint density at radius 2 is 1.76 bits per heavy atom. The molecule has 1 amide bonds. The van der Waals surface area contributed by atoms with Crippen molar-refractivity contribution in [3.8, 4) is 11.5 Å². The largest absolute Gasteiger partial charge is 0.497 e. The van der Waals surface area contributed by atoms with Crippen molar-refractivity contribution in [2.24, 2.45) is 5.92 Å². The Balaban J connectivity index is 1.56. The molecule has 0 fully saturated rings. The van der Waals surface area contributed by atoms with E-state index in [4.69, 9.17) is 9.47 Å². The van der Waals surface area contributed by atoms with Gasteiger partial charge in [-0.3, -0.25) is 9.52 Å². The minimum atomic E-state index is -3.97. The molecule has 0 aliphatic heterocycles. The smallest absolute Gasteiger partial charge is 0.265 e. The van der Waals surface area contributed by atoms with Crippen molar-refractivity contribution in [1.29, 1.82) is 0 Å². The minimum Gasteiger partial charge on any atom is -0.497 e. The zero-order chi connectivity index (χ0) is 23.6. The number of sulfonamides is 1. The first-order valence-electron chi connectivity index (χ1n) is 10.6. The summed E-state index contributed by atoms with van der Waals surface area (Å²) in [6, 6.07) is 13.0. The second-order valence-corrected chi connectivity index (χ2v) is 10.8. The molecule has 2 N–H and O–H groups in total. The van der Waals surface area contributed by atoms with E-state index >= 15 is 0 Å². The number of ether oxygens (including phenoxy) is 2. The number of hydrogen-bond acceptors (Lipinski definition) is 6. The average molecular weight is 487 g/mol. The van der Waals surface area contributed by atoms with Crippen LogP contribution in [0.15, 0.2) is 53.4 Å². The fraction of sp³-hybridized carbons (Fsp3) is 0.292. The molecule has 1 aliphatic rings. The SMILES string of the molecule is COc1ccc(NS(=O)(=O)c2cc(NC(=O)c3cc4c(s3)CCC(C)C4)ccc2OC)cc1. The molecule has 0 saturated carbocycles. The van der Waals surface area contributed by atoms with Gasteiger partial charge in [0.25, 0.3) is 15.9 Å². The van der Waals surface area contributed by atoms with Gasteiger partial charge in [-0.1, -0.05) is 6.92 Å². The van der Waals surface area contributed by atoms with Gasteiger partial charge >= 0.3 is 0 Å². The quantitative estimate of drug-likeness (QED) is 0.493. The topological polar surface area (TPSA) is 93.7 Å². The van der Waals surface area contributed by atoms with Gasteiger partial charge in [0.2, 0.25) is 0 Å². The van der Waals surface area contributed by atoms with Crippen molar-refractivity contribution in [3.63, 3.8) is 0 Å². The Morgan fingerprint density at radius 1 is 1.03 bits per heavy atom. The number of rotatable bonds is 7. The zero-order valence-electron chi connectivity index (χ0n) is 18.7. The van der Waals surface area contributed by atoms with E-state index in [9.17, 15) is 13.2 Å².